The van der Waals surface area contributed by atoms with Gasteiger partial charge in [0.15, 0.2) is 5.78 Å². The summed E-state index contributed by atoms with van der Waals surface area (Å²) in [5.74, 6) is 1.06. The molecule has 0 aromatic heterocycles. The SMILES string of the molecule is O=C1CCCCC2=C3CCCCCC3C=C12. The average Bonchev–Trinajstić information content (AvgIpc) is 2.47. The van der Waals surface area contributed by atoms with E-state index in [1.165, 1.54) is 50.5 Å². The van der Waals surface area contributed by atoms with E-state index < -0.39 is 0 Å². The lowest BCUT2D eigenvalue weighted by molar-refractivity contribution is -0.115. The van der Waals surface area contributed by atoms with Crippen LogP contribution in [0.15, 0.2) is 22.8 Å². The van der Waals surface area contributed by atoms with Crippen molar-refractivity contribution in [2.45, 2.75) is 57.8 Å². The summed E-state index contributed by atoms with van der Waals surface area (Å²) >= 11 is 0. The summed E-state index contributed by atoms with van der Waals surface area (Å²) in [6, 6.07) is 0. The van der Waals surface area contributed by atoms with Gasteiger partial charge in [0.1, 0.15) is 0 Å². The van der Waals surface area contributed by atoms with Crippen LogP contribution in [0.4, 0.5) is 0 Å². The summed E-state index contributed by atoms with van der Waals surface area (Å²) in [7, 11) is 0. The van der Waals surface area contributed by atoms with Gasteiger partial charge >= 0.3 is 0 Å². The Labute approximate surface area is 97.6 Å². The first kappa shape index (κ1) is 10.3. The highest BCUT2D eigenvalue weighted by atomic mass is 16.1. The molecule has 2 fully saturated rings. The van der Waals surface area contributed by atoms with Crippen LogP contribution in [-0.4, -0.2) is 5.78 Å². The minimum atomic E-state index is 0.424. The van der Waals surface area contributed by atoms with E-state index in [9.17, 15) is 4.79 Å². The number of hydrogen-bond donors (Lipinski definition) is 0. The van der Waals surface area contributed by atoms with E-state index in [0.29, 0.717) is 11.7 Å². The lowest BCUT2D eigenvalue weighted by atomic mass is 9.94. The zero-order chi connectivity index (χ0) is 11.0. The highest BCUT2D eigenvalue weighted by Gasteiger charge is 2.31. The Balaban J connectivity index is 1.98. The average molecular weight is 216 g/mol. The molecule has 86 valence electrons. The fourth-order valence-corrected chi connectivity index (χ4v) is 3.53. The van der Waals surface area contributed by atoms with E-state index in [-0.39, 0.29) is 0 Å². The van der Waals surface area contributed by atoms with E-state index >= 15 is 0 Å². The van der Waals surface area contributed by atoms with Crippen LogP contribution in [0, 0.1) is 5.92 Å². The molecule has 0 radical (unpaired) electrons. The fraction of sp³-hybridized carbons (Fsp3) is 0.667. The van der Waals surface area contributed by atoms with Crippen molar-refractivity contribution in [3.63, 3.8) is 0 Å². The lowest BCUT2D eigenvalue weighted by Gasteiger charge is -2.11. The molecule has 1 atom stereocenters. The molecule has 1 nitrogen and oxygen atoms in total. The maximum Gasteiger partial charge on any atom is 0.162 e. The van der Waals surface area contributed by atoms with Crippen molar-refractivity contribution in [2.75, 3.05) is 0 Å². The normalized spacial score (nSPS) is 30.4. The smallest absolute Gasteiger partial charge is 0.162 e. The van der Waals surface area contributed by atoms with Crippen LogP contribution < -0.4 is 0 Å². The molecule has 3 aliphatic rings. The Hall–Kier alpha value is -0.850. The fourth-order valence-electron chi connectivity index (χ4n) is 3.53. The minimum Gasteiger partial charge on any atom is -0.294 e. The maximum atomic E-state index is 12.0. The van der Waals surface area contributed by atoms with Gasteiger partial charge in [0.05, 0.1) is 0 Å². The zero-order valence-corrected chi connectivity index (χ0v) is 9.93. The first-order chi connectivity index (χ1) is 7.86. The van der Waals surface area contributed by atoms with Crippen LogP contribution in [-0.2, 0) is 4.79 Å². The summed E-state index contributed by atoms with van der Waals surface area (Å²) in [5.41, 5.74) is 4.23. The van der Waals surface area contributed by atoms with Crippen LogP contribution in [0.2, 0.25) is 0 Å². The van der Waals surface area contributed by atoms with Gasteiger partial charge in [-0.05, 0) is 50.0 Å². The molecule has 0 aromatic rings. The van der Waals surface area contributed by atoms with Crippen molar-refractivity contribution in [3.05, 3.63) is 22.8 Å². The maximum absolute atomic E-state index is 12.0. The third-order valence-electron chi connectivity index (χ3n) is 4.37. The highest BCUT2D eigenvalue weighted by Crippen LogP contribution is 2.43. The molecule has 2 saturated carbocycles. The van der Waals surface area contributed by atoms with Gasteiger partial charge in [-0.25, -0.2) is 0 Å². The topological polar surface area (TPSA) is 17.1 Å². The molecule has 3 aliphatic carbocycles. The van der Waals surface area contributed by atoms with Crippen molar-refractivity contribution in [3.8, 4) is 0 Å². The van der Waals surface area contributed by atoms with Gasteiger partial charge in [-0.3, -0.25) is 4.79 Å². The number of carbonyl (C=O) groups is 1. The Morgan fingerprint density at radius 2 is 1.75 bits per heavy atom. The largest absolute Gasteiger partial charge is 0.294 e. The number of hydrogen-bond acceptors (Lipinski definition) is 1. The Morgan fingerprint density at radius 3 is 2.69 bits per heavy atom. The van der Waals surface area contributed by atoms with Crippen LogP contribution in [0.3, 0.4) is 0 Å². The third kappa shape index (κ3) is 1.66. The summed E-state index contributed by atoms with van der Waals surface area (Å²) < 4.78 is 0. The molecule has 0 heterocycles. The third-order valence-corrected chi connectivity index (χ3v) is 4.37. The van der Waals surface area contributed by atoms with E-state index in [1.54, 1.807) is 5.57 Å². The predicted molar refractivity (Wildman–Crippen MR) is 65.2 cm³/mol. The van der Waals surface area contributed by atoms with Crippen LogP contribution in [0.5, 0.6) is 0 Å². The number of allylic oxidation sites excluding steroid dienone is 4. The van der Waals surface area contributed by atoms with Gasteiger partial charge in [0, 0.05) is 12.0 Å². The van der Waals surface area contributed by atoms with Crippen molar-refractivity contribution >= 4 is 5.78 Å². The van der Waals surface area contributed by atoms with E-state index in [2.05, 4.69) is 6.08 Å². The number of fused-ring (bicyclic) bond motifs is 2. The molecule has 0 amide bonds. The molecular formula is C15H20O. The summed E-state index contributed by atoms with van der Waals surface area (Å²) in [4.78, 5) is 12.0. The second-order valence-corrected chi connectivity index (χ2v) is 5.42. The number of ketones is 1. The molecule has 0 aliphatic heterocycles. The van der Waals surface area contributed by atoms with Crippen molar-refractivity contribution in [1.29, 1.82) is 0 Å². The second kappa shape index (κ2) is 4.20. The first-order valence-corrected chi connectivity index (χ1v) is 6.83. The molecule has 1 heteroatoms. The lowest BCUT2D eigenvalue weighted by Crippen LogP contribution is -2.00. The van der Waals surface area contributed by atoms with E-state index in [4.69, 9.17) is 0 Å². The second-order valence-electron chi connectivity index (χ2n) is 5.42. The molecule has 16 heavy (non-hydrogen) atoms. The molecule has 0 saturated heterocycles. The van der Waals surface area contributed by atoms with Gasteiger partial charge < -0.3 is 0 Å². The van der Waals surface area contributed by atoms with E-state index in [0.717, 1.165) is 18.4 Å². The highest BCUT2D eigenvalue weighted by molar-refractivity contribution is 6.01. The summed E-state index contributed by atoms with van der Waals surface area (Å²) in [5, 5.41) is 0. The molecular weight excluding hydrogens is 196 g/mol. The monoisotopic (exact) mass is 216 g/mol. The Kier molecular flexibility index (Phi) is 2.70. The number of rotatable bonds is 0. The van der Waals surface area contributed by atoms with Crippen molar-refractivity contribution < 1.29 is 4.79 Å². The molecule has 0 N–H and O–H groups in total. The Morgan fingerprint density at radius 1 is 0.938 bits per heavy atom. The van der Waals surface area contributed by atoms with Crippen molar-refractivity contribution in [2.24, 2.45) is 5.92 Å². The van der Waals surface area contributed by atoms with Gasteiger partial charge in [0.2, 0.25) is 0 Å². The summed E-state index contributed by atoms with van der Waals surface area (Å²) in [6.07, 6.45) is 13.2. The summed E-state index contributed by atoms with van der Waals surface area (Å²) in [6.45, 7) is 0. The predicted octanol–water partition coefficient (Wildman–Crippen LogP) is 3.95. The van der Waals surface area contributed by atoms with E-state index in [1.807, 2.05) is 0 Å². The van der Waals surface area contributed by atoms with Crippen molar-refractivity contribution in [1.82, 2.24) is 0 Å². The van der Waals surface area contributed by atoms with Gasteiger partial charge in [-0.2, -0.15) is 0 Å². The minimum absolute atomic E-state index is 0.424. The zero-order valence-electron chi connectivity index (χ0n) is 9.93. The number of Topliss-reactive ketones (excluding diaryl/α,β-unsaturated/α-hetero) is 1. The van der Waals surface area contributed by atoms with Crippen LogP contribution in [0.25, 0.3) is 0 Å². The molecule has 0 bridgehead atoms. The molecule has 0 aromatic carbocycles. The molecule has 0 spiro atoms. The molecule has 1 unspecified atom stereocenters. The molecule has 3 rings (SSSR count). The standard InChI is InChI=1S/C15H20O/c16-15-9-5-4-8-13-12-7-3-1-2-6-11(12)10-14(13)15/h10-11H,1-9H2. The van der Waals surface area contributed by atoms with Crippen LogP contribution >= 0.6 is 0 Å². The van der Waals surface area contributed by atoms with Gasteiger partial charge in [-0.15, -0.1) is 0 Å². The van der Waals surface area contributed by atoms with Crippen LogP contribution in [0.1, 0.15) is 57.8 Å². The Bertz CT molecular complexity index is 373. The van der Waals surface area contributed by atoms with Gasteiger partial charge in [-0.1, -0.05) is 24.5 Å². The number of carbonyl (C=O) groups excluding carboxylic acids is 1. The van der Waals surface area contributed by atoms with Gasteiger partial charge in [0.25, 0.3) is 0 Å². The quantitative estimate of drug-likeness (QED) is 0.599. The first-order valence-electron chi connectivity index (χ1n) is 6.83.